The second kappa shape index (κ2) is 7.21. The van der Waals surface area contributed by atoms with Crippen molar-refractivity contribution in [3.05, 3.63) is 29.1 Å². The van der Waals surface area contributed by atoms with Crippen molar-refractivity contribution in [1.82, 2.24) is 15.5 Å². The molecule has 3 N–H and O–H groups in total. The fourth-order valence-electron chi connectivity index (χ4n) is 4.52. The Hall–Kier alpha value is -1.97. The van der Waals surface area contributed by atoms with Gasteiger partial charge in [-0.05, 0) is 18.8 Å². The molecular weight excluding hydrogens is 368 g/mol. The molecule has 3 heterocycles. The summed E-state index contributed by atoms with van der Waals surface area (Å²) < 4.78 is 5.15. The van der Waals surface area contributed by atoms with Crippen molar-refractivity contribution in [1.29, 1.82) is 0 Å². The maximum atomic E-state index is 13.0. The van der Waals surface area contributed by atoms with Gasteiger partial charge in [-0.15, -0.1) is 11.3 Å². The first-order valence-corrected chi connectivity index (χ1v) is 10.0. The number of thiazole rings is 1. The molecule has 2 aliphatic rings. The first-order valence-electron chi connectivity index (χ1n) is 9.16. The Morgan fingerprint density at radius 2 is 2.15 bits per heavy atom. The SMILES string of the molecule is Cc1cc(CNC(=O)[C@H]2[C@@H](C)[C@H](O)[C@@H](O)[C@H]3CN(c4nccs4)C[C@@H]32)on1. The van der Waals surface area contributed by atoms with Crippen LogP contribution in [0.2, 0.25) is 0 Å². The lowest BCUT2D eigenvalue weighted by atomic mass is 9.65. The molecule has 1 aliphatic carbocycles. The van der Waals surface area contributed by atoms with Gasteiger partial charge in [-0.3, -0.25) is 4.79 Å². The number of aliphatic hydroxyl groups excluding tert-OH is 2. The highest BCUT2D eigenvalue weighted by atomic mass is 32.1. The molecule has 1 amide bonds. The minimum atomic E-state index is -0.925. The number of carbonyl (C=O) groups excluding carboxylic acids is 1. The topological polar surface area (TPSA) is 112 Å². The third-order valence-electron chi connectivity index (χ3n) is 5.87. The Bertz CT molecular complexity index is 795. The van der Waals surface area contributed by atoms with Gasteiger partial charge in [0.2, 0.25) is 5.91 Å². The van der Waals surface area contributed by atoms with Crippen LogP contribution in [0.3, 0.4) is 0 Å². The van der Waals surface area contributed by atoms with Crippen LogP contribution in [-0.2, 0) is 11.3 Å². The van der Waals surface area contributed by atoms with E-state index in [9.17, 15) is 15.0 Å². The van der Waals surface area contributed by atoms with Gasteiger partial charge in [0, 0.05) is 42.6 Å². The van der Waals surface area contributed by atoms with E-state index in [4.69, 9.17) is 4.52 Å². The van der Waals surface area contributed by atoms with Crippen molar-refractivity contribution in [2.24, 2.45) is 23.7 Å². The quantitative estimate of drug-likeness (QED) is 0.705. The van der Waals surface area contributed by atoms with Crippen LogP contribution in [0.25, 0.3) is 0 Å². The average molecular weight is 392 g/mol. The van der Waals surface area contributed by atoms with Crippen LogP contribution in [0, 0.1) is 30.6 Å². The smallest absolute Gasteiger partial charge is 0.224 e. The number of nitrogens with one attached hydrogen (secondary N) is 1. The fourth-order valence-corrected chi connectivity index (χ4v) is 5.18. The highest BCUT2D eigenvalue weighted by Gasteiger charge is 2.54. The van der Waals surface area contributed by atoms with Gasteiger partial charge in [-0.25, -0.2) is 4.98 Å². The molecule has 27 heavy (non-hydrogen) atoms. The average Bonchev–Trinajstić information content (AvgIpc) is 3.38. The number of amides is 1. The summed E-state index contributed by atoms with van der Waals surface area (Å²) in [6.07, 6.45) is -0.0129. The van der Waals surface area contributed by atoms with Crippen molar-refractivity contribution in [3.63, 3.8) is 0 Å². The van der Waals surface area contributed by atoms with Gasteiger partial charge in [0.05, 0.1) is 24.4 Å². The lowest BCUT2D eigenvalue weighted by molar-refractivity contribution is -0.146. The summed E-state index contributed by atoms with van der Waals surface area (Å²) in [5.41, 5.74) is 0.763. The second-order valence-electron chi connectivity index (χ2n) is 7.57. The molecule has 8 nitrogen and oxygen atoms in total. The first-order chi connectivity index (χ1) is 13.0. The number of hydrogen-bond donors (Lipinski definition) is 3. The van der Waals surface area contributed by atoms with E-state index in [0.717, 1.165) is 10.8 Å². The summed E-state index contributed by atoms with van der Waals surface area (Å²) in [6.45, 7) is 5.15. The van der Waals surface area contributed by atoms with Gasteiger partial charge in [0.15, 0.2) is 10.9 Å². The minimum absolute atomic E-state index is 0.0428. The number of rotatable bonds is 4. The summed E-state index contributed by atoms with van der Waals surface area (Å²) in [6, 6.07) is 1.78. The van der Waals surface area contributed by atoms with Gasteiger partial charge in [0.1, 0.15) is 0 Å². The zero-order valence-corrected chi connectivity index (χ0v) is 16.1. The van der Waals surface area contributed by atoms with E-state index in [2.05, 4.69) is 20.4 Å². The van der Waals surface area contributed by atoms with Crippen LogP contribution in [0.15, 0.2) is 22.2 Å². The minimum Gasteiger partial charge on any atom is -0.390 e. The Labute approximate surface area is 161 Å². The predicted molar refractivity (Wildman–Crippen MR) is 99.1 cm³/mol. The highest BCUT2D eigenvalue weighted by Crippen LogP contribution is 2.45. The number of carbonyl (C=O) groups is 1. The standard InChI is InChI=1S/C18H24N4O4S/c1-9-5-11(26-21-9)6-20-17(25)14-10(2)15(23)16(24)13-8-22(7-12(13)14)18-19-3-4-27-18/h3-5,10,12-16,23-24H,6-8H2,1-2H3,(H,20,25)/t10-,12+,13+,14+,15+,16+/m1/s1. The Morgan fingerprint density at radius 3 is 2.81 bits per heavy atom. The van der Waals surface area contributed by atoms with Crippen molar-refractivity contribution >= 4 is 22.4 Å². The fraction of sp³-hybridized carbons (Fsp3) is 0.611. The highest BCUT2D eigenvalue weighted by molar-refractivity contribution is 7.13. The molecule has 6 atom stereocenters. The van der Waals surface area contributed by atoms with E-state index in [0.29, 0.717) is 18.8 Å². The van der Waals surface area contributed by atoms with E-state index in [1.165, 1.54) is 11.3 Å². The van der Waals surface area contributed by atoms with Crippen LogP contribution in [-0.4, -0.2) is 51.6 Å². The molecule has 2 aromatic rings. The lowest BCUT2D eigenvalue weighted by Gasteiger charge is -2.43. The lowest BCUT2D eigenvalue weighted by Crippen LogP contribution is -2.55. The zero-order valence-electron chi connectivity index (χ0n) is 15.3. The molecule has 4 rings (SSSR count). The molecule has 0 radical (unpaired) electrons. The van der Waals surface area contributed by atoms with Crippen LogP contribution in [0.4, 0.5) is 5.13 Å². The summed E-state index contributed by atoms with van der Waals surface area (Å²) in [4.78, 5) is 19.4. The molecule has 0 bridgehead atoms. The number of nitrogens with zero attached hydrogens (tertiary/aromatic N) is 3. The van der Waals surface area contributed by atoms with Gasteiger partial charge in [-0.2, -0.15) is 0 Å². The molecular formula is C18H24N4O4S. The molecule has 1 aliphatic heterocycles. The summed E-state index contributed by atoms with van der Waals surface area (Å²) in [5.74, 6) is -0.464. The van der Waals surface area contributed by atoms with E-state index < -0.39 is 12.2 Å². The van der Waals surface area contributed by atoms with Crippen LogP contribution >= 0.6 is 11.3 Å². The predicted octanol–water partition coefficient (Wildman–Crippen LogP) is 0.796. The molecule has 2 aromatic heterocycles. The van der Waals surface area contributed by atoms with Crippen LogP contribution in [0.5, 0.6) is 0 Å². The molecule has 0 spiro atoms. The van der Waals surface area contributed by atoms with Gasteiger partial charge >= 0.3 is 0 Å². The number of hydrogen-bond acceptors (Lipinski definition) is 8. The van der Waals surface area contributed by atoms with E-state index in [1.54, 1.807) is 12.3 Å². The summed E-state index contributed by atoms with van der Waals surface area (Å²) in [5, 5.41) is 30.7. The van der Waals surface area contributed by atoms with Crippen molar-refractivity contribution in [2.75, 3.05) is 18.0 Å². The third kappa shape index (κ3) is 3.35. The normalized spacial score (nSPS) is 33.1. The number of fused-ring (bicyclic) bond motifs is 1. The maximum Gasteiger partial charge on any atom is 0.224 e. The summed E-state index contributed by atoms with van der Waals surface area (Å²) in [7, 11) is 0. The van der Waals surface area contributed by atoms with Crippen LogP contribution < -0.4 is 10.2 Å². The van der Waals surface area contributed by atoms with E-state index in [-0.39, 0.29) is 36.1 Å². The van der Waals surface area contributed by atoms with Gasteiger partial charge in [0.25, 0.3) is 0 Å². The monoisotopic (exact) mass is 392 g/mol. The Kier molecular flexibility index (Phi) is 4.92. The number of aromatic nitrogens is 2. The van der Waals surface area contributed by atoms with E-state index >= 15 is 0 Å². The third-order valence-corrected chi connectivity index (χ3v) is 6.71. The van der Waals surface area contributed by atoms with E-state index in [1.807, 2.05) is 19.2 Å². The maximum absolute atomic E-state index is 13.0. The van der Waals surface area contributed by atoms with Gasteiger partial charge < -0.3 is 25.0 Å². The largest absolute Gasteiger partial charge is 0.390 e. The number of aliphatic hydroxyl groups is 2. The van der Waals surface area contributed by atoms with Crippen molar-refractivity contribution in [2.45, 2.75) is 32.6 Å². The van der Waals surface area contributed by atoms with Gasteiger partial charge in [-0.1, -0.05) is 12.1 Å². The molecule has 9 heteroatoms. The molecule has 146 valence electrons. The second-order valence-corrected chi connectivity index (χ2v) is 8.44. The van der Waals surface area contributed by atoms with Crippen molar-refractivity contribution < 1.29 is 19.5 Å². The molecule has 1 saturated heterocycles. The number of anilines is 1. The Morgan fingerprint density at radius 1 is 1.37 bits per heavy atom. The zero-order chi connectivity index (χ0) is 19.1. The van der Waals surface area contributed by atoms with Crippen LogP contribution in [0.1, 0.15) is 18.4 Å². The summed E-state index contributed by atoms with van der Waals surface area (Å²) >= 11 is 1.54. The first kappa shape index (κ1) is 18.4. The molecule has 0 aromatic carbocycles. The molecule has 2 fully saturated rings. The van der Waals surface area contributed by atoms with Crippen molar-refractivity contribution in [3.8, 4) is 0 Å². The molecule has 1 saturated carbocycles. The molecule has 0 unspecified atom stereocenters. The Balaban J connectivity index is 1.51. The number of aryl methyl sites for hydroxylation is 1.